The summed E-state index contributed by atoms with van der Waals surface area (Å²) in [5.74, 6) is 0.747. The van der Waals surface area contributed by atoms with Gasteiger partial charge in [0.1, 0.15) is 0 Å². The van der Waals surface area contributed by atoms with Gasteiger partial charge in [0.25, 0.3) is 0 Å². The van der Waals surface area contributed by atoms with E-state index in [9.17, 15) is 0 Å². The van der Waals surface area contributed by atoms with Crippen molar-refractivity contribution in [2.24, 2.45) is 11.3 Å². The number of nitrogens with one attached hydrogen (secondary N) is 1. The Morgan fingerprint density at radius 3 is 2.40 bits per heavy atom. The molecule has 1 aliphatic carbocycles. The Hall–Kier alpha value is -0.0800. The van der Waals surface area contributed by atoms with E-state index in [1.54, 1.807) is 0 Å². The molecule has 0 aromatic carbocycles. The maximum absolute atomic E-state index is 9.06. The fourth-order valence-electron chi connectivity index (χ4n) is 2.36. The molecule has 1 saturated carbocycles. The zero-order chi connectivity index (χ0) is 11.3. The summed E-state index contributed by atoms with van der Waals surface area (Å²) in [6, 6.07) is 0.603. The van der Waals surface area contributed by atoms with Crippen LogP contribution in [0, 0.1) is 11.3 Å². The van der Waals surface area contributed by atoms with Crippen LogP contribution in [0.15, 0.2) is 0 Å². The maximum Gasteiger partial charge on any atom is 0.0436 e. The summed E-state index contributed by atoms with van der Waals surface area (Å²) < 4.78 is 0. The summed E-state index contributed by atoms with van der Waals surface area (Å²) in [4.78, 5) is 0. The Kier molecular flexibility index (Phi) is 5.07. The zero-order valence-electron chi connectivity index (χ0n) is 10.6. The molecule has 0 aromatic heterocycles. The van der Waals surface area contributed by atoms with Crippen LogP contribution in [-0.2, 0) is 0 Å². The van der Waals surface area contributed by atoms with E-state index in [0.717, 1.165) is 18.9 Å². The monoisotopic (exact) mass is 213 g/mol. The molecule has 1 rings (SSSR count). The molecule has 2 nitrogen and oxygen atoms in total. The third-order valence-corrected chi connectivity index (χ3v) is 4.35. The molecular formula is C13H27NO. The number of aliphatic hydroxyl groups excluding tert-OH is 1. The van der Waals surface area contributed by atoms with Gasteiger partial charge in [-0.15, -0.1) is 0 Å². The first-order chi connectivity index (χ1) is 7.13. The predicted octanol–water partition coefficient (Wildman–Crippen LogP) is 2.56. The van der Waals surface area contributed by atoms with Crippen molar-refractivity contribution in [2.75, 3.05) is 13.2 Å². The normalized spacial score (nSPS) is 23.2. The van der Waals surface area contributed by atoms with Gasteiger partial charge in [0.2, 0.25) is 0 Å². The minimum absolute atomic E-state index is 0.347. The third kappa shape index (κ3) is 3.46. The highest BCUT2D eigenvalue weighted by Crippen LogP contribution is 2.43. The van der Waals surface area contributed by atoms with Gasteiger partial charge >= 0.3 is 0 Å². The van der Waals surface area contributed by atoms with Crippen molar-refractivity contribution >= 4 is 0 Å². The molecule has 0 heterocycles. The molecule has 1 aliphatic rings. The molecule has 0 saturated heterocycles. The van der Waals surface area contributed by atoms with Gasteiger partial charge in [-0.2, -0.15) is 0 Å². The predicted molar refractivity (Wildman–Crippen MR) is 64.9 cm³/mol. The molecule has 15 heavy (non-hydrogen) atoms. The summed E-state index contributed by atoms with van der Waals surface area (Å²) in [5, 5.41) is 12.7. The van der Waals surface area contributed by atoms with Crippen molar-refractivity contribution in [3.63, 3.8) is 0 Å². The first kappa shape index (κ1) is 13.0. The minimum Gasteiger partial charge on any atom is -0.396 e. The maximum atomic E-state index is 9.06. The Balaban J connectivity index is 2.28. The first-order valence-electron chi connectivity index (χ1n) is 6.48. The molecule has 0 radical (unpaired) electrons. The highest BCUT2D eigenvalue weighted by atomic mass is 16.3. The Morgan fingerprint density at radius 2 is 2.00 bits per heavy atom. The van der Waals surface area contributed by atoms with Crippen molar-refractivity contribution in [3.8, 4) is 0 Å². The highest BCUT2D eigenvalue weighted by molar-refractivity contribution is 4.90. The van der Waals surface area contributed by atoms with Crippen LogP contribution >= 0.6 is 0 Å². The van der Waals surface area contributed by atoms with E-state index in [1.807, 2.05) is 0 Å². The second-order valence-corrected chi connectivity index (χ2v) is 5.38. The first-order valence-corrected chi connectivity index (χ1v) is 6.48. The van der Waals surface area contributed by atoms with E-state index in [4.69, 9.17) is 5.11 Å². The Labute approximate surface area is 94.5 Å². The lowest BCUT2D eigenvalue weighted by Gasteiger charge is -2.43. The molecule has 0 spiro atoms. The summed E-state index contributed by atoms with van der Waals surface area (Å²) in [5.41, 5.74) is 0.427. The van der Waals surface area contributed by atoms with Crippen molar-refractivity contribution < 1.29 is 5.11 Å². The third-order valence-electron chi connectivity index (χ3n) is 4.35. The van der Waals surface area contributed by atoms with Crippen LogP contribution in [0.4, 0.5) is 0 Å². The highest BCUT2D eigenvalue weighted by Gasteiger charge is 2.36. The lowest BCUT2D eigenvalue weighted by molar-refractivity contribution is 0.0807. The summed E-state index contributed by atoms with van der Waals surface area (Å²) in [6.07, 6.45) is 6.16. The van der Waals surface area contributed by atoms with Crippen LogP contribution in [0.1, 0.15) is 52.9 Å². The molecule has 1 fully saturated rings. The topological polar surface area (TPSA) is 32.3 Å². The van der Waals surface area contributed by atoms with Crippen molar-refractivity contribution in [1.29, 1.82) is 0 Å². The van der Waals surface area contributed by atoms with Crippen LogP contribution in [0.3, 0.4) is 0 Å². The van der Waals surface area contributed by atoms with Gasteiger partial charge in [0.15, 0.2) is 0 Å². The van der Waals surface area contributed by atoms with E-state index in [-0.39, 0.29) is 0 Å². The van der Waals surface area contributed by atoms with Crippen LogP contribution in [-0.4, -0.2) is 24.3 Å². The zero-order valence-corrected chi connectivity index (χ0v) is 10.6. The van der Waals surface area contributed by atoms with Crippen LogP contribution in [0.2, 0.25) is 0 Å². The van der Waals surface area contributed by atoms with Crippen molar-refractivity contribution in [3.05, 3.63) is 0 Å². The molecule has 2 heteroatoms. The van der Waals surface area contributed by atoms with E-state index in [2.05, 4.69) is 26.1 Å². The van der Waals surface area contributed by atoms with Gasteiger partial charge < -0.3 is 10.4 Å². The average molecular weight is 213 g/mol. The van der Waals surface area contributed by atoms with Gasteiger partial charge in [0.05, 0.1) is 0 Å². The van der Waals surface area contributed by atoms with Crippen molar-refractivity contribution in [2.45, 2.75) is 58.9 Å². The number of aliphatic hydroxyl groups is 1. The second kappa shape index (κ2) is 5.86. The van der Waals surface area contributed by atoms with E-state index in [0.29, 0.717) is 18.1 Å². The minimum atomic E-state index is 0.347. The number of hydrogen-bond donors (Lipinski definition) is 2. The Morgan fingerprint density at radius 1 is 1.33 bits per heavy atom. The van der Waals surface area contributed by atoms with Crippen LogP contribution in [0.25, 0.3) is 0 Å². The van der Waals surface area contributed by atoms with Gasteiger partial charge in [-0.1, -0.05) is 26.7 Å². The average Bonchev–Trinajstić information content (AvgIpc) is 2.20. The molecule has 0 aliphatic heterocycles. The molecule has 2 unspecified atom stereocenters. The largest absolute Gasteiger partial charge is 0.396 e. The second-order valence-electron chi connectivity index (χ2n) is 5.38. The lowest BCUT2D eigenvalue weighted by atomic mass is 9.66. The lowest BCUT2D eigenvalue weighted by Crippen LogP contribution is -2.45. The van der Waals surface area contributed by atoms with Crippen molar-refractivity contribution in [1.82, 2.24) is 5.32 Å². The van der Waals surface area contributed by atoms with Crippen LogP contribution < -0.4 is 5.32 Å². The summed E-state index contributed by atoms with van der Waals surface area (Å²) in [7, 11) is 0. The smallest absolute Gasteiger partial charge is 0.0436 e. The van der Waals surface area contributed by atoms with Gasteiger partial charge in [-0.05, 0) is 37.5 Å². The standard InChI is InChI=1S/C13H27NO/c1-4-11(2)12(3)14-10-13(8-9-15)6-5-7-13/h11-12,14-15H,4-10H2,1-3H3. The molecule has 0 aromatic rings. The van der Waals surface area contributed by atoms with Gasteiger partial charge in [-0.3, -0.25) is 0 Å². The van der Waals surface area contributed by atoms with E-state index < -0.39 is 0 Å². The van der Waals surface area contributed by atoms with Gasteiger partial charge in [0, 0.05) is 19.2 Å². The van der Waals surface area contributed by atoms with E-state index >= 15 is 0 Å². The summed E-state index contributed by atoms with van der Waals surface area (Å²) in [6.45, 7) is 8.27. The molecule has 2 N–H and O–H groups in total. The van der Waals surface area contributed by atoms with Gasteiger partial charge in [-0.25, -0.2) is 0 Å². The fraction of sp³-hybridized carbons (Fsp3) is 1.00. The molecule has 90 valence electrons. The quantitative estimate of drug-likeness (QED) is 0.681. The van der Waals surface area contributed by atoms with Crippen LogP contribution in [0.5, 0.6) is 0 Å². The number of hydrogen-bond acceptors (Lipinski definition) is 2. The molecule has 0 amide bonds. The Bertz CT molecular complexity index is 177. The number of rotatable bonds is 7. The SMILES string of the molecule is CCC(C)C(C)NCC1(CCO)CCC1. The molecular weight excluding hydrogens is 186 g/mol. The molecule has 0 bridgehead atoms. The fourth-order valence-corrected chi connectivity index (χ4v) is 2.36. The summed E-state index contributed by atoms with van der Waals surface area (Å²) >= 11 is 0. The molecule has 2 atom stereocenters. The van der Waals surface area contributed by atoms with E-state index in [1.165, 1.54) is 25.7 Å².